The van der Waals surface area contributed by atoms with Gasteiger partial charge in [0.15, 0.2) is 17.3 Å². The highest BCUT2D eigenvalue weighted by Gasteiger charge is 2.09. The molecule has 3 rings (SSSR count). The molecule has 0 aliphatic rings. The molecule has 1 heterocycles. The molecule has 6 heteroatoms. The van der Waals surface area contributed by atoms with Crippen molar-refractivity contribution in [2.24, 2.45) is 0 Å². The van der Waals surface area contributed by atoms with Crippen molar-refractivity contribution in [1.29, 1.82) is 0 Å². The van der Waals surface area contributed by atoms with Gasteiger partial charge in [-0.1, -0.05) is 36.4 Å². The number of esters is 1. The molecular weight excluding hydrogens is 394 g/mol. The Morgan fingerprint density at radius 2 is 1.71 bits per heavy atom. The molecule has 0 aliphatic heterocycles. The van der Waals surface area contributed by atoms with Crippen molar-refractivity contribution in [3.05, 3.63) is 89.8 Å². The number of allylic oxidation sites excluding steroid dienone is 1. The maximum absolute atomic E-state index is 12.6. The summed E-state index contributed by atoms with van der Waals surface area (Å²) in [6.45, 7) is 1.68. The molecule has 1 aromatic heterocycles. The summed E-state index contributed by atoms with van der Waals surface area (Å²) in [4.78, 5) is 27.8. The summed E-state index contributed by atoms with van der Waals surface area (Å²) in [5.41, 5.74) is 2.57. The van der Waals surface area contributed by atoms with Crippen LogP contribution < -0.4 is 14.2 Å². The highest BCUT2D eigenvalue weighted by molar-refractivity contribution is 5.95. The molecular formula is C25H23NO5. The lowest BCUT2D eigenvalue weighted by atomic mass is 10.0. The van der Waals surface area contributed by atoms with Crippen LogP contribution in [0.4, 0.5) is 0 Å². The second kappa shape index (κ2) is 10.7. The molecule has 0 fully saturated rings. The molecule has 0 radical (unpaired) electrons. The number of carbonyl (C=O) groups is 2. The van der Waals surface area contributed by atoms with Gasteiger partial charge in [-0.3, -0.25) is 14.6 Å². The molecule has 0 unspecified atom stereocenters. The van der Waals surface area contributed by atoms with Crippen molar-refractivity contribution in [3.8, 4) is 17.2 Å². The Labute approximate surface area is 181 Å². The van der Waals surface area contributed by atoms with Crippen LogP contribution in [0, 0.1) is 0 Å². The van der Waals surface area contributed by atoms with E-state index in [-0.39, 0.29) is 12.2 Å². The van der Waals surface area contributed by atoms with Crippen molar-refractivity contribution in [3.63, 3.8) is 0 Å². The average molecular weight is 417 g/mol. The summed E-state index contributed by atoms with van der Waals surface area (Å²) in [7, 11) is 1.50. The first-order valence-electron chi connectivity index (χ1n) is 9.72. The molecule has 0 spiro atoms. The molecule has 0 saturated carbocycles. The number of aromatic nitrogens is 1. The van der Waals surface area contributed by atoms with E-state index in [0.717, 1.165) is 22.4 Å². The van der Waals surface area contributed by atoms with Crippen LogP contribution in [0.5, 0.6) is 17.2 Å². The molecule has 3 aromatic rings. The number of rotatable bonds is 9. The molecule has 6 nitrogen and oxygen atoms in total. The quantitative estimate of drug-likeness (QED) is 0.291. The van der Waals surface area contributed by atoms with E-state index in [1.54, 1.807) is 48.8 Å². The van der Waals surface area contributed by atoms with E-state index >= 15 is 0 Å². The Kier molecular flexibility index (Phi) is 7.54. The first-order chi connectivity index (χ1) is 15.0. The fraction of sp³-hybridized carbons (Fsp3) is 0.160. The Morgan fingerprint density at radius 3 is 2.42 bits per heavy atom. The van der Waals surface area contributed by atoms with E-state index in [2.05, 4.69) is 4.98 Å². The highest BCUT2D eigenvalue weighted by Crippen LogP contribution is 2.28. The predicted octanol–water partition coefficient (Wildman–Crippen LogP) is 4.42. The summed E-state index contributed by atoms with van der Waals surface area (Å²) < 4.78 is 16.1. The minimum absolute atomic E-state index is 0.0544. The van der Waals surface area contributed by atoms with E-state index in [0.29, 0.717) is 18.1 Å². The fourth-order valence-corrected chi connectivity index (χ4v) is 2.93. The normalized spacial score (nSPS) is 10.6. The first kappa shape index (κ1) is 21.8. The van der Waals surface area contributed by atoms with Gasteiger partial charge < -0.3 is 14.2 Å². The standard InChI is InChI=1S/C25H23NO5/c1-18(27)31-25-15-19(8-10-24(25)29-2)7-9-22(28)16-20-5-3-4-6-21(20)17-30-23-11-13-26-14-12-23/h3-15H,16-17H2,1-2H3/b9-7+. The van der Waals surface area contributed by atoms with Crippen LogP contribution >= 0.6 is 0 Å². The lowest BCUT2D eigenvalue weighted by molar-refractivity contribution is -0.132. The number of methoxy groups -OCH3 is 1. The Hall–Kier alpha value is -3.93. The van der Waals surface area contributed by atoms with Crippen molar-refractivity contribution in [1.82, 2.24) is 4.98 Å². The number of hydrogen-bond donors (Lipinski definition) is 0. The molecule has 0 amide bonds. The fourth-order valence-electron chi connectivity index (χ4n) is 2.93. The van der Waals surface area contributed by atoms with Crippen molar-refractivity contribution in [2.75, 3.05) is 7.11 Å². The third-order valence-corrected chi connectivity index (χ3v) is 4.43. The van der Waals surface area contributed by atoms with Crippen LogP contribution in [0.1, 0.15) is 23.6 Å². The van der Waals surface area contributed by atoms with Gasteiger partial charge in [-0.15, -0.1) is 0 Å². The zero-order chi connectivity index (χ0) is 22.1. The van der Waals surface area contributed by atoms with Crippen LogP contribution in [0.15, 0.2) is 73.1 Å². The number of carbonyl (C=O) groups excluding carboxylic acids is 2. The van der Waals surface area contributed by atoms with Crippen molar-refractivity contribution in [2.45, 2.75) is 20.0 Å². The van der Waals surface area contributed by atoms with Gasteiger partial charge in [0.1, 0.15) is 12.4 Å². The maximum Gasteiger partial charge on any atom is 0.308 e. The van der Waals surface area contributed by atoms with Gasteiger partial charge in [-0.2, -0.15) is 0 Å². The van der Waals surface area contributed by atoms with Gasteiger partial charge in [0.25, 0.3) is 0 Å². The number of hydrogen-bond acceptors (Lipinski definition) is 6. The third kappa shape index (κ3) is 6.54. The van der Waals surface area contributed by atoms with E-state index in [1.807, 2.05) is 24.3 Å². The van der Waals surface area contributed by atoms with Gasteiger partial charge >= 0.3 is 5.97 Å². The van der Waals surface area contributed by atoms with Crippen LogP contribution in [0.25, 0.3) is 6.08 Å². The molecule has 2 aromatic carbocycles. The van der Waals surface area contributed by atoms with Crippen LogP contribution in [0.2, 0.25) is 0 Å². The van der Waals surface area contributed by atoms with Gasteiger partial charge in [-0.05, 0) is 47.0 Å². The number of nitrogens with zero attached hydrogens (tertiary/aromatic N) is 1. The Morgan fingerprint density at radius 1 is 0.968 bits per heavy atom. The van der Waals surface area contributed by atoms with E-state index in [9.17, 15) is 9.59 Å². The Balaban J connectivity index is 1.67. The number of pyridine rings is 1. The van der Waals surface area contributed by atoms with Crippen molar-refractivity contribution < 1.29 is 23.8 Å². The molecule has 0 saturated heterocycles. The van der Waals surface area contributed by atoms with Gasteiger partial charge in [0, 0.05) is 25.7 Å². The SMILES string of the molecule is COc1ccc(/C=C/C(=O)Cc2ccccc2COc2ccncc2)cc1OC(C)=O. The van der Waals surface area contributed by atoms with E-state index < -0.39 is 5.97 Å². The van der Waals surface area contributed by atoms with Crippen LogP contribution in [0.3, 0.4) is 0 Å². The lowest BCUT2D eigenvalue weighted by Gasteiger charge is -2.10. The largest absolute Gasteiger partial charge is 0.493 e. The number of ketones is 1. The van der Waals surface area contributed by atoms with Gasteiger partial charge in [-0.25, -0.2) is 0 Å². The minimum Gasteiger partial charge on any atom is -0.493 e. The van der Waals surface area contributed by atoms with Crippen LogP contribution in [-0.2, 0) is 22.6 Å². The molecule has 158 valence electrons. The summed E-state index contributed by atoms with van der Waals surface area (Å²) in [5.74, 6) is 0.978. The smallest absolute Gasteiger partial charge is 0.308 e. The zero-order valence-electron chi connectivity index (χ0n) is 17.4. The van der Waals surface area contributed by atoms with E-state index in [4.69, 9.17) is 14.2 Å². The highest BCUT2D eigenvalue weighted by atomic mass is 16.6. The minimum atomic E-state index is -0.443. The molecule has 0 N–H and O–H groups in total. The third-order valence-electron chi connectivity index (χ3n) is 4.43. The monoisotopic (exact) mass is 417 g/mol. The Bertz CT molecular complexity index is 1080. The van der Waals surface area contributed by atoms with Crippen molar-refractivity contribution >= 4 is 17.8 Å². The summed E-state index contributed by atoms with van der Waals surface area (Å²) in [6.07, 6.45) is 6.78. The zero-order valence-corrected chi connectivity index (χ0v) is 17.4. The average Bonchev–Trinajstić information content (AvgIpc) is 2.77. The number of ether oxygens (including phenoxy) is 3. The summed E-state index contributed by atoms with van der Waals surface area (Å²) in [6, 6.07) is 16.4. The summed E-state index contributed by atoms with van der Waals surface area (Å²) in [5, 5.41) is 0. The maximum atomic E-state index is 12.6. The van der Waals surface area contributed by atoms with Crippen LogP contribution in [-0.4, -0.2) is 23.8 Å². The van der Waals surface area contributed by atoms with Gasteiger partial charge in [0.05, 0.1) is 7.11 Å². The second-order valence-corrected chi connectivity index (χ2v) is 6.72. The number of benzene rings is 2. The molecule has 0 aliphatic carbocycles. The van der Waals surface area contributed by atoms with Gasteiger partial charge in [0.2, 0.25) is 0 Å². The molecule has 0 atom stereocenters. The molecule has 31 heavy (non-hydrogen) atoms. The topological polar surface area (TPSA) is 74.7 Å². The first-order valence-corrected chi connectivity index (χ1v) is 9.72. The summed E-state index contributed by atoms with van der Waals surface area (Å²) >= 11 is 0. The second-order valence-electron chi connectivity index (χ2n) is 6.72. The lowest BCUT2D eigenvalue weighted by Crippen LogP contribution is -2.05. The molecule has 0 bridgehead atoms. The predicted molar refractivity (Wildman–Crippen MR) is 117 cm³/mol. The van der Waals surface area contributed by atoms with E-state index in [1.165, 1.54) is 20.1 Å².